The quantitative estimate of drug-likeness (QED) is 0.168. The van der Waals surface area contributed by atoms with Gasteiger partial charge in [0.2, 0.25) is 0 Å². The van der Waals surface area contributed by atoms with E-state index < -0.39 is 0 Å². The Morgan fingerprint density at radius 3 is 2.42 bits per heavy atom. The van der Waals surface area contributed by atoms with Gasteiger partial charge < -0.3 is 28.9 Å². The molecule has 7 rings (SSSR count). The predicted molar refractivity (Wildman–Crippen MR) is 213 cm³/mol. The Kier molecular flexibility index (Phi) is 11.0. The van der Waals surface area contributed by atoms with Gasteiger partial charge in [-0.3, -0.25) is 14.5 Å². The number of aromatic hydroxyl groups is 1. The van der Waals surface area contributed by atoms with Crippen molar-refractivity contribution >= 4 is 29.1 Å². The van der Waals surface area contributed by atoms with E-state index in [1.54, 1.807) is 54.5 Å². The fourth-order valence-electron chi connectivity index (χ4n) is 7.73. The molecule has 0 spiro atoms. The van der Waals surface area contributed by atoms with E-state index in [9.17, 15) is 20.0 Å². The number of carbonyl (C=O) groups excluding carboxylic acids is 2. The molecule has 5 aromatic rings. The van der Waals surface area contributed by atoms with Crippen LogP contribution in [0.3, 0.4) is 0 Å². The number of fused-ring (bicyclic) bond motifs is 1. The van der Waals surface area contributed by atoms with E-state index in [4.69, 9.17) is 21.1 Å². The normalized spacial score (nSPS) is 15.6. The molecule has 1 saturated heterocycles. The predicted octanol–water partition coefficient (Wildman–Crippen LogP) is 7.29. The fraction of sp³-hybridized carbons (Fsp3) is 0.295. The van der Waals surface area contributed by atoms with Gasteiger partial charge in [-0.05, 0) is 91.1 Å². The highest BCUT2D eigenvalue weighted by molar-refractivity contribution is 6.32. The average Bonchev–Trinajstić information content (AvgIpc) is 3.50. The number of rotatable bonds is 9. The van der Waals surface area contributed by atoms with Gasteiger partial charge in [-0.2, -0.15) is 5.26 Å². The standard InChI is InChI=1S/C44H44ClN5O5/c1-28-31(10-7-11-42(28)54-4)25-49(34-12-14-36(51)15-13-34)43(52)37-23-41(47(3)29(37)2)38-22-40(45)33(24-46)21-39(38)44(53)50-26-32-9-6-5-8-30(32)20-35(50)27-48-16-18-55-19-17-48/h5-15,21-23,35,51H,16-20,25-27H2,1-4H3/t35-/m1/s1. The number of phenolic OH excluding ortho intramolecular Hbond substituents is 1. The van der Waals surface area contributed by atoms with Crippen molar-refractivity contribution in [3.8, 4) is 28.8 Å². The molecule has 0 bridgehead atoms. The number of morpholine rings is 1. The topological polar surface area (TPSA) is 111 Å². The van der Waals surface area contributed by atoms with Crippen molar-refractivity contribution in [2.75, 3.05) is 44.9 Å². The molecule has 1 atom stereocenters. The number of carbonyl (C=O) groups is 2. The van der Waals surface area contributed by atoms with Crippen molar-refractivity contribution in [2.24, 2.45) is 7.05 Å². The van der Waals surface area contributed by atoms with E-state index in [-0.39, 0.29) is 40.7 Å². The minimum Gasteiger partial charge on any atom is -0.508 e. The zero-order valence-electron chi connectivity index (χ0n) is 31.5. The summed E-state index contributed by atoms with van der Waals surface area (Å²) in [5, 5.41) is 20.4. The van der Waals surface area contributed by atoms with Crippen LogP contribution >= 0.6 is 11.6 Å². The number of aromatic nitrogens is 1. The first-order valence-electron chi connectivity index (χ1n) is 18.4. The van der Waals surface area contributed by atoms with Crippen LogP contribution in [0.5, 0.6) is 11.5 Å². The lowest BCUT2D eigenvalue weighted by molar-refractivity contribution is 0.0193. The molecule has 1 fully saturated rings. The number of amides is 2. The number of nitrogens with zero attached hydrogens (tertiary/aromatic N) is 5. The van der Waals surface area contributed by atoms with Crippen LogP contribution < -0.4 is 9.64 Å². The first-order chi connectivity index (χ1) is 26.6. The van der Waals surface area contributed by atoms with Crippen molar-refractivity contribution in [1.82, 2.24) is 14.4 Å². The summed E-state index contributed by atoms with van der Waals surface area (Å²) >= 11 is 6.72. The number of methoxy groups -OCH3 is 1. The zero-order valence-corrected chi connectivity index (χ0v) is 32.3. The van der Waals surface area contributed by atoms with Crippen molar-refractivity contribution in [3.05, 3.63) is 135 Å². The van der Waals surface area contributed by atoms with Crippen molar-refractivity contribution < 1.29 is 24.2 Å². The van der Waals surface area contributed by atoms with Gasteiger partial charge in [-0.1, -0.05) is 48.0 Å². The van der Waals surface area contributed by atoms with Gasteiger partial charge in [0.25, 0.3) is 11.8 Å². The fourth-order valence-corrected chi connectivity index (χ4v) is 7.93. The number of hydrogen-bond donors (Lipinski definition) is 1. The lowest BCUT2D eigenvalue weighted by atomic mass is 9.91. The van der Waals surface area contributed by atoms with Crippen LogP contribution in [0.25, 0.3) is 11.3 Å². The molecule has 0 aliphatic carbocycles. The summed E-state index contributed by atoms with van der Waals surface area (Å²) in [6, 6.07) is 27.6. The maximum absolute atomic E-state index is 15.0. The van der Waals surface area contributed by atoms with Gasteiger partial charge in [0.15, 0.2) is 0 Å². The molecule has 11 heteroatoms. The maximum atomic E-state index is 15.0. The molecule has 282 valence electrons. The molecule has 0 saturated carbocycles. The Morgan fingerprint density at radius 2 is 1.71 bits per heavy atom. The molecule has 4 aromatic carbocycles. The third kappa shape index (κ3) is 7.56. The van der Waals surface area contributed by atoms with Gasteiger partial charge in [0.1, 0.15) is 17.6 Å². The summed E-state index contributed by atoms with van der Waals surface area (Å²) in [5.41, 5.74) is 7.53. The second-order valence-electron chi connectivity index (χ2n) is 14.2. The molecule has 3 heterocycles. The second-order valence-corrected chi connectivity index (χ2v) is 14.6. The summed E-state index contributed by atoms with van der Waals surface area (Å²) in [5.74, 6) is 0.333. The van der Waals surface area contributed by atoms with Gasteiger partial charge in [-0.15, -0.1) is 0 Å². The minimum absolute atomic E-state index is 0.0890. The molecule has 1 aromatic heterocycles. The minimum atomic E-state index is -0.266. The Labute approximate surface area is 326 Å². The second kappa shape index (κ2) is 16.0. The molecule has 0 radical (unpaired) electrons. The van der Waals surface area contributed by atoms with E-state index >= 15 is 0 Å². The molecule has 2 aliphatic heterocycles. The smallest absolute Gasteiger partial charge is 0.260 e. The van der Waals surface area contributed by atoms with Crippen LogP contribution in [-0.2, 0) is 31.3 Å². The Morgan fingerprint density at radius 1 is 0.982 bits per heavy atom. The lowest BCUT2D eigenvalue weighted by Gasteiger charge is -2.40. The van der Waals surface area contributed by atoms with Crippen LogP contribution in [0.4, 0.5) is 5.69 Å². The number of ether oxygens (including phenoxy) is 2. The lowest BCUT2D eigenvalue weighted by Crippen LogP contribution is -2.52. The molecular formula is C44H44ClN5O5. The molecule has 2 amide bonds. The summed E-state index contributed by atoms with van der Waals surface area (Å²) < 4.78 is 13.1. The van der Waals surface area contributed by atoms with Crippen molar-refractivity contribution in [2.45, 2.75) is 39.4 Å². The van der Waals surface area contributed by atoms with E-state index in [1.807, 2.05) is 60.7 Å². The average molecular weight is 758 g/mol. The molecule has 1 N–H and O–H groups in total. The third-order valence-electron chi connectivity index (χ3n) is 11.0. The van der Waals surface area contributed by atoms with Crippen LogP contribution in [0.1, 0.15) is 54.2 Å². The molecule has 55 heavy (non-hydrogen) atoms. The van der Waals surface area contributed by atoms with Crippen molar-refractivity contribution in [3.63, 3.8) is 0 Å². The SMILES string of the molecule is COc1cccc(CN(C(=O)c2cc(-c3cc(Cl)c(C#N)cc3C(=O)N3Cc4ccccc4C[C@@H]3CN3CCOCC3)n(C)c2C)c2ccc(O)cc2)c1C. The number of halogens is 1. The van der Waals surface area contributed by atoms with Crippen LogP contribution in [0.2, 0.25) is 5.02 Å². The Balaban J connectivity index is 1.30. The van der Waals surface area contributed by atoms with E-state index in [2.05, 4.69) is 23.1 Å². The number of anilines is 1. The van der Waals surface area contributed by atoms with Gasteiger partial charge in [0.05, 0.1) is 48.6 Å². The number of nitriles is 1. The number of phenols is 1. The molecular weight excluding hydrogens is 714 g/mol. The summed E-state index contributed by atoms with van der Waals surface area (Å²) in [6.45, 7) is 8.08. The third-order valence-corrected chi connectivity index (χ3v) is 11.4. The number of hydrogen-bond acceptors (Lipinski definition) is 7. The summed E-state index contributed by atoms with van der Waals surface area (Å²) in [4.78, 5) is 35.7. The maximum Gasteiger partial charge on any atom is 0.260 e. The van der Waals surface area contributed by atoms with Gasteiger partial charge in [-0.25, -0.2) is 0 Å². The van der Waals surface area contributed by atoms with E-state index in [0.29, 0.717) is 72.2 Å². The number of benzene rings is 4. The largest absolute Gasteiger partial charge is 0.508 e. The summed E-state index contributed by atoms with van der Waals surface area (Å²) in [6.07, 6.45) is 0.703. The van der Waals surface area contributed by atoms with Gasteiger partial charge >= 0.3 is 0 Å². The Bertz CT molecular complexity index is 2290. The Hall–Kier alpha value is -5.60. The molecule has 0 unspecified atom stereocenters. The monoisotopic (exact) mass is 757 g/mol. The summed E-state index contributed by atoms with van der Waals surface area (Å²) in [7, 11) is 3.48. The highest BCUT2D eigenvalue weighted by Crippen LogP contribution is 2.36. The van der Waals surface area contributed by atoms with Crippen molar-refractivity contribution in [1.29, 1.82) is 5.26 Å². The van der Waals surface area contributed by atoms with Crippen LogP contribution in [0, 0.1) is 25.2 Å². The zero-order chi connectivity index (χ0) is 38.8. The highest BCUT2D eigenvalue weighted by atomic mass is 35.5. The highest BCUT2D eigenvalue weighted by Gasteiger charge is 2.34. The van der Waals surface area contributed by atoms with Crippen LogP contribution in [0.15, 0.2) is 84.9 Å². The molecule has 10 nitrogen and oxygen atoms in total. The van der Waals surface area contributed by atoms with Gasteiger partial charge in [0, 0.05) is 61.9 Å². The van der Waals surface area contributed by atoms with E-state index in [1.165, 1.54) is 5.56 Å². The first kappa shape index (κ1) is 37.7. The first-order valence-corrected chi connectivity index (χ1v) is 18.8. The molecule has 2 aliphatic rings. The van der Waals surface area contributed by atoms with E-state index in [0.717, 1.165) is 29.8 Å². The van der Waals surface area contributed by atoms with Crippen LogP contribution in [-0.4, -0.2) is 77.3 Å².